The van der Waals surface area contributed by atoms with E-state index in [2.05, 4.69) is 40.6 Å². The third kappa shape index (κ3) is 3.80. The van der Waals surface area contributed by atoms with E-state index in [0.29, 0.717) is 18.7 Å². The number of nitrogens with zero attached hydrogens (tertiary/aromatic N) is 2. The van der Waals surface area contributed by atoms with Crippen LogP contribution in [0.1, 0.15) is 28.1 Å². The van der Waals surface area contributed by atoms with Crippen LogP contribution in [0.25, 0.3) is 0 Å². The zero-order chi connectivity index (χ0) is 15.2. The standard InChI is InChI=1S/C17H20N4/c1-12-9-17(16(10-19)13(2)21-12)20-11-15-5-3-14(4-6-15)7-8-18/h3-6,9H,7-8,11,18H2,1-2H3,(H,20,21). The van der Waals surface area contributed by atoms with Crippen LogP contribution in [-0.4, -0.2) is 11.5 Å². The number of rotatable bonds is 5. The topological polar surface area (TPSA) is 74.7 Å². The third-order valence-corrected chi connectivity index (χ3v) is 3.38. The summed E-state index contributed by atoms with van der Waals surface area (Å²) in [7, 11) is 0. The molecule has 1 aromatic heterocycles. The number of nitrogens with one attached hydrogen (secondary N) is 1. The first kappa shape index (κ1) is 15.0. The Bertz CT molecular complexity index is 654. The SMILES string of the molecule is Cc1cc(NCc2ccc(CCN)cc2)c(C#N)c(C)n1. The molecule has 2 aromatic rings. The fourth-order valence-corrected chi connectivity index (χ4v) is 2.30. The molecule has 1 heterocycles. The third-order valence-electron chi connectivity index (χ3n) is 3.38. The van der Waals surface area contributed by atoms with Gasteiger partial charge in [-0.25, -0.2) is 0 Å². The predicted octanol–water partition coefficient (Wildman–Crippen LogP) is 2.68. The van der Waals surface area contributed by atoms with Crippen LogP contribution in [0.5, 0.6) is 0 Å². The number of pyridine rings is 1. The first-order chi connectivity index (χ1) is 10.1. The zero-order valence-electron chi connectivity index (χ0n) is 12.5. The van der Waals surface area contributed by atoms with E-state index in [9.17, 15) is 5.26 Å². The second-order valence-electron chi connectivity index (χ2n) is 5.09. The summed E-state index contributed by atoms with van der Waals surface area (Å²) in [4.78, 5) is 4.32. The van der Waals surface area contributed by atoms with E-state index in [1.54, 1.807) is 0 Å². The van der Waals surface area contributed by atoms with Gasteiger partial charge < -0.3 is 11.1 Å². The van der Waals surface area contributed by atoms with Gasteiger partial charge in [-0.2, -0.15) is 5.26 Å². The maximum Gasteiger partial charge on any atom is 0.103 e. The number of nitriles is 1. The number of benzene rings is 1. The Labute approximate surface area is 125 Å². The monoisotopic (exact) mass is 280 g/mol. The molecule has 1 aromatic carbocycles. The summed E-state index contributed by atoms with van der Waals surface area (Å²) in [6.07, 6.45) is 0.898. The van der Waals surface area contributed by atoms with Crippen LogP contribution in [0, 0.1) is 25.2 Å². The average molecular weight is 280 g/mol. The molecule has 0 atom stereocenters. The number of anilines is 1. The quantitative estimate of drug-likeness (QED) is 0.883. The maximum atomic E-state index is 9.24. The molecular weight excluding hydrogens is 260 g/mol. The van der Waals surface area contributed by atoms with Gasteiger partial charge in [0.05, 0.1) is 16.9 Å². The molecule has 0 saturated carbocycles. The van der Waals surface area contributed by atoms with E-state index in [4.69, 9.17) is 5.73 Å². The lowest BCUT2D eigenvalue weighted by atomic mass is 10.1. The van der Waals surface area contributed by atoms with Crippen LogP contribution in [0.4, 0.5) is 5.69 Å². The lowest BCUT2D eigenvalue weighted by Gasteiger charge is -2.11. The van der Waals surface area contributed by atoms with Crippen LogP contribution in [0.2, 0.25) is 0 Å². The van der Waals surface area contributed by atoms with Crippen molar-refractivity contribution in [3.63, 3.8) is 0 Å². The highest BCUT2D eigenvalue weighted by molar-refractivity contribution is 5.60. The Morgan fingerprint density at radius 2 is 1.86 bits per heavy atom. The molecule has 0 aliphatic heterocycles. The van der Waals surface area contributed by atoms with E-state index in [-0.39, 0.29) is 0 Å². The molecule has 0 aliphatic rings. The van der Waals surface area contributed by atoms with Crippen LogP contribution < -0.4 is 11.1 Å². The highest BCUT2D eigenvalue weighted by Gasteiger charge is 2.07. The van der Waals surface area contributed by atoms with Crippen molar-refractivity contribution in [3.8, 4) is 6.07 Å². The molecule has 4 nitrogen and oxygen atoms in total. The molecule has 0 amide bonds. The second kappa shape index (κ2) is 6.87. The van der Waals surface area contributed by atoms with Gasteiger partial charge in [-0.05, 0) is 44.0 Å². The van der Waals surface area contributed by atoms with Crippen molar-refractivity contribution in [1.82, 2.24) is 4.98 Å². The Kier molecular flexibility index (Phi) is 4.91. The van der Waals surface area contributed by atoms with Gasteiger partial charge in [0.15, 0.2) is 0 Å². The Hall–Kier alpha value is -2.38. The zero-order valence-corrected chi connectivity index (χ0v) is 12.5. The van der Waals surface area contributed by atoms with Gasteiger partial charge in [0.2, 0.25) is 0 Å². The normalized spacial score (nSPS) is 10.2. The molecule has 0 radical (unpaired) electrons. The molecule has 108 valence electrons. The molecule has 0 fully saturated rings. The molecule has 0 unspecified atom stereocenters. The van der Waals surface area contributed by atoms with Gasteiger partial charge in [-0.3, -0.25) is 4.98 Å². The highest BCUT2D eigenvalue weighted by Crippen LogP contribution is 2.19. The van der Waals surface area contributed by atoms with Crippen molar-refractivity contribution in [2.45, 2.75) is 26.8 Å². The van der Waals surface area contributed by atoms with E-state index in [0.717, 1.165) is 23.5 Å². The van der Waals surface area contributed by atoms with Gasteiger partial charge in [0.25, 0.3) is 0 Å². The van der Waals surface area contributed by atoms with Crippen molar-refractivity contribution in [3.05, 3.63) is 58.4 Å². The van der Waals surface area contributed by atoms with Crippen LogP contribution >= 0.6 is 0 Å². The minimum atomic E-state index is 0.611. The van der Waals surface area contributed by atoms with Crippen molar-refractivity contribution >= 4 is 5.69 Å². The predicted molar refractivity (Wildman–Crippen MR) is 85.0 cm³/mol. The maximum absolute atomic E-state index is 9.24. The average Bonchev–Trinajstić information content (AvgIpc) is 2.46. The largest absolute Gasteiger partial charge is 0.380 e. The summed E-state index contributed by atoms with van der Waals surface area (Å²) in [5, 5.41) is 12.6. The lowest BCUT2D eigenvalue weighted by molar-refractivity contribution is 0.966. The molecule has 3 N–H and O–H groups in total. The second-order valence-corrected chi connectivity index (χ2v) is 5.09. The van der Waals surface area contributed by atoms with Crippen molar-refractivity contribution < 1.29 is 0 Å². The summed E-state index contributed by atoms with van der Waals surface area (Å²) in [6.45, 7) is 5.14. The van der Waals surface area contributed by atoms with Crippen molar-refractivity contribution in [1.29, 1.82) is 5.26 Å². The van der Waals surface area contributed by atoms with Crippen LogP contribution in [0.15, 0.2) is 30.3 Å². The van der Waals surface area contributed by atoms with Crippen molar-refractivity contribution in [2.75, 3.05) is 11.9 Å². The van der Waals surface area contributed by atoms with Gasteiger partial charge >= 0.3 is 0 Å². The smallest absolute Gasteiger partial charge is 0.103 e. The molecule has 0 aliphatic carbocycles. The fourth-order valence-electron chi connectivity index (χ4n) is 2.30. The van der Waals surface area contributed by atoms with E-state index < -0.39 is 0 Å². The van der Waals surface area contributed by atoms with Gasteiger partial charge in [0, 0.05) is 12.2 Å². The number of nitrogens with two attached hydrogens (primary N) is 1. The number of aryl methyl sites for hydroxylation is 2. The Morgan fingerprint density at radius 1 is 1.19 bits per heavy atom. The lowest BCUT2D eigenvalue weighted by Crippen LogP contribution is -2.05. The summed E-state index contributed by atoms with van der Waals surface area (Å²) in [6, 6.07) is 12.5. The van der Waals surface area contributed by atoms with Crippen molar-refractivity contribution in [2.24, 2.45) is 5.73 Å². The van der Waals surface area contributed by atoms with Gasteiger partial charge in [0.1, 0.15) is 6.07 Å². The number of hydrogen-bond donors (Lipinski definition) is 2. The molecule has 21 heavy (non-hydrogen) atoms. The minimum absolute atomic E-state index is 0.611. The Balaban J connectivity index is 2.11. The van der Waals surface area contributed by atoms with Gasteiger partial charge in [-0.1, -0.05) is 24.3 Å². The van der Waals surface area contributed by atoms with E-state index in [1.807, 2.05) is 19.9 Å². The van der Waals surface area contributed by atoms with Crippen LogP contribution in [-0.2, 0) is 13.0 Å². The summed E-state index contributed by atoms with van der Waals surface area (Å²) < 4.78 is 0. The molecule has 4 heteroatoms. The van der Waals surface area contributed by atoms with Gasteiger partial charge in [-0.15, -0.1) is 0 Å². The van der Waals surface area contributed by atoms with E-state index >= 15 is 0 Å². The number of aromatic nitrogens is 1. The molecule has 0 spiro atoms. The summed E-state index contributed by atoms with van der Waals surface area (Å²) in [5.74, 6) is 0. The molecule has 0 saturated heterocycles. The fraction of sp³-hybridized carbons (Fsp3) is 0.294. The summed E-state index contributed by atoms with van der Waals surface area (Å²) in [5.41, 5.74) is 11.1. The minimum Gasteiger partial charge on any atom is -0.380 e. The highest BCUT2D eigenvalue weighted by atomic mass is 14.9. The van der Waals surface area contributed by atoms with Crippen LogP contribution in [0.3, 0.4) is 0 Å². The molecule has 0 bridgehead atoms. The Morgan fingerprint density at radius 3 is 2.48 bits per heavy atom. The first-order valence-electron chi connectivity index (χ1n) is 7.04. The summed E-state index contributed by atoms with van der Waals surface area (Å²) >= 11 is 0. The first-order valence-corrected chi connectivity index (χ1v) is 7.04. The van der Waals surface area contributed by atoms with E-state index in [1.165, 1.54) is 11.1 Å². The molecular formula is C17H20N4. The molecule has 2 rings (SSSR count). The number of hydrogen-bond acceptors (Lipinski definition) is 4.